The van der Waals surface area contributed by atoms with Crippen LogP contribution in [0.25, 0.3) is 0 Å². The summed E-state index contributed by atoms with van der Waals surface area (Å²) in [4.78, 5) is 0. The van der Waals surface area contributed by atoms with Gasteiger partial charge in [0.25, 0.3) is 0 Å². The molecule has 21 heavy (non-hydrogen) atoms. The van der Waals surface area contributed by atoms with E-state index in [4.69, 9.17) is 18.8 Å². The Kier molecular flexibility index (Phi) is 4.98. The van der Waals surface area contributed by atoms with E-state index in [1.54, 1.807) is 14.2 Å². The molecule has 0 aliphatic carbocycles. The summed E-state index contributed by atoms with van der Waals surface area (Å²) in [6.45, 7) is 3.96. The summed E-state index contributed by atoms with van der Waals surface area (Å²) in [5, 5.41) is 0. The highest BCUT2D eigenvalue weighted by Gasteiger charge is 2.07. The fraction of sp³-hybridized carbons (Fsp3) is 0.250. The van der Waals surface area contributed by atoms with Crippen LogP contribution in [0.4, 0.5) is 0 Å². The van der Waals surface area contributed by atoms with Crippen LogP contribution in [0.2, 0.25) is 0 Å². The zero-order valence-electron chi connectivity index (χ0n) is 12.8. The minimum atomic E-state index is 0.127. The average molecular weight is 286 g/mol. The van der Waals surface area contributed by atoms with Crippen LogP contribution in [0.3, 0.4) is 0 Å². The molecule has 0 amide bonds. The molecule has 0 N–H and O–H groups in total. The van der Waals surface area contributed by atoms with Gasteiger partial charge >= 0.3 is 7.69 Å². The van der Waals surface area contributed by atoms with E-state index in [0.29, 0.717) is 0 Å². The van der Waals surface area contributed by atoms with Crippen molar-refractivity contribution in [1.82, 2.24) is 0 Å². The minimum absolute atomic E-state index is 0.127. The van der Waals surface area contributed by atoms with E-state index in [9.17, 15) is 0 Å². The molecule has 0 saturated carbocycles. The SMILES string of the molecule is COc1ccc(C)c(OBOc2cc(OC)ccc2C)c1. The van der Waals surface area contributed by atoms with Gasteiger partial charge in [-0.1, -0.05) is 12.1 Å². The molecule has 0 aromatic heterocycles. The zero-order valence-corrected chi connectivity index (χ0v) is 12.8. The fourth-order valence-corrected chi connectivity index (χ4v) is 1.88. The lowest BCUT2D eigenvalue weighted by Crippen LogP contribution is -2.12. The Labute approximate surface area is 125 Å². The summed E-state index contributed by atoms with van der Waals surface area (Å²) in [5.74, 6) is 3.01. The van der Waals surface area contributed by atoms with Gasteiger partial charge in [0.15, 0.2) is 0 Å². The van der Waals surface area contributed by atoms with E-state index in [-0.39, 0.29) is 7.69 Å². The van der Waals surface area contributed by atoms with Crippen LogP contribution in [-0.2, 0) is 0 Å². The van der Waals surface area contributed by atoms with Crippen molar-refractivity contribution in [3.05, 3.63) is 47.5 Å². The second-order valence-corrected chi connectivity index (χ2v) is 4.67. The molecule has 110 valence electrons. The summed E-state index contributed by atoms with van der Waals surface area (Å²) in [5.41, 5.74) is 2.06. The van der Waals surface area contributed by atoms with E-state index in [2.05, 4.69) is 0 Å². The first-order chi connectivity index (χ1) is 10.1. The largest absolute Gasteiger partial charge is 0.576 e. The number of hydrogen-bond donors (Lipinski definition) is 0. The van der Waals surface area contributed by atoms with E-state index in [1.807, 2.05) is 50.2 Å². The number of methoxy groups -OCH3 is 2. The van der Waals surface area contributed by atoms with Crippen molar-refractivity contribution in [2.24, 2.45) is 0 Å². The van der Waals surface area contributed by atoms with Gasteiger partial charge in [0, 0.05) is 12.1 Å². The van der Waals surface area contributed by atoms with Crippen molar-refractivity contribution in [3.63, 3.8) is 0 Å². The van der Waals surface area contributed by atoms with Gasteiger partial charge in [-0.3, -0.25) is 0 Å². The summed E-state index contributed by atoms with van der Waals surface area (Å²) in [6, 6.07) is 11.4. The molecule has 0 unspecified atom stereocenters. The molecular formula is C16H19BO4. The molecule has 2 aromatic carbocycles. The Morgan fingerprint density at radius 2 is 1.14 bits per heavy atom. The molecule has 0 heterocycles. The summed E-state index contributed by atoms with van der Waals surface area (Å²) in [7, 11) is 3.39. The third-order valence-corrected chi connectivity index (χ3v) is 3.22. The lowest BCUT2D eigenvalue weighted by atomic mass is 10.2. The number of aryl methyl sites for hydroxylation is 2. The third kappa shape index (κ3) is 3.84. The van der Waals surface area contributed by atoms with Gasteiger partial charge < -0.3 is 18.8 Å². The number of hydrogen-bond acceptors (Lipinski definition) is 4. The normalized spacial score (nSPS) is 9.90. The number of ether oxygens (including phenoxy) is 2. The molecule has 5 heteroatoms. The minimum Gasteiger partial charge on any atom is -0.528 e. The predicted molar refractivity (Wildman–Crippen MR) is 83.9 cm³/mol. The van der Waals surface area contributed by atoms with Gasteiger partial charge in [-0.15, -0.1) is 0 Å². The summed E-state index contributed by atoms with van der Waals surface area (Å²) in [6.07, 6.45) is 0. The van der Waals surface area contributed by atoms with Gasteiger partial charge in [0.1, 0.15) is 23.0 Å². The van der Waals surface area contributed by atoms with Crippen molar-refractivity contribution < 1.29 is 18.8 Å². The Bertz CT molecular complexity index is 560. The van der Waals surface area contributed by atoms with Gasteiger partial charge in [0.2, 0.25) is 0 Å². The van der Waals surface area contributed by atoms with Crippen molar-refractivity contribution >= 4 is 7.69 Å². The molecule has 2 rings (SSSR count). The second kappa shape index (κ2) is 6.93. The van der Waals surface area contributed by atoms with E-state index >= 15 is 0 Å². The van der Waals surface area contributed by atoms with Gasteiger partial charge in [-0.05, 0) is 37.1 Å². The molecule has 0 aliphatic rings. The highest BCUT2D eigenvalue weighted by atomic mass is 16.6. The van der Waals surface area contributed by atoms with E-state index in [1.165, 1.54) is 0 Å². The molecule has 0 spiro atoms. The van der Waals surface area contributed by atoms with Crippen LogP contribution >= 0.6 is 0 Å². The molecule has 0 fully saturated rings. The van der Waals surface area contributed by atoms with Crippen molar-refractivity contribution in [2.75, 3.05) is 14.2 Å². The quantitative estimate of drug-likeness (QED) is 0.765. The second-order valence-electron chi connectivity index (χ2n) is 4.67. The standard InChI is InChI=1S/C16H19BO4/c1-11-5-7-13(18-3)9-15(11)20-17-21-16-10-14(19-4)8-6-12(16)2/h5-10,17H,1-4H3. The molecule has 2 aromatic rings. The lowest BCUT2D eigenvalue weighted by Gasteiger charge is -2.13. The lowest BCUT2D eigenvalue weighted by molar-refractivity contribution is 0.405. The van der Waals surface area contributed by atoms with Crippen LogP contribution in [-0.4, -0.2) is 21.9 Å². The number of rotatable bonds is 6. The Balaban J connectivity index is 2.01. The van der Waals surface area contributed by atoms with E-state index in [0.717, 1.165) is 34.1 Å². The average Bonchev–Trinajstić information content (AvgIpc) is 2.51. The van der Waals surface area contributed by atoms with Crippen LogP contribution in [0.5, 0.6) is 23.0 Å². The van der Waals surface area contributed by atoms with Crippen LogP contribution in [0, 0.1) is 13.8 Å². The monoisotopic (exact) mass is 286 g/mol. The first-order valence-corrected chi connectivity index (χ1v) is 6.69. The van der Waals surface area contributed by atoms with Gasteiger partial charge in [0.05, 0.1) is 14.2 Å². The molecule has 0 saturated heterocycles. The first-order valence-electron chi connectivity index (χ1n) is 6.69. The van der Waals surface area contributed by atoms with Gasteiger partial charge in [-0.25, -0.2) is 0 Å². The Morgan fingerprint density at radius 1 is 0.714 bits per heavy atom. The maximum atomic E-state index is 5.67. The highest BCUT2D eigenvalue weighted by molar-refractivity contribution is 6.20. The predicted octanol–water partition coefficient (Wildman–Crippen LogP) is 3.04. The topological polar surface area (TPSA) is 36.9 Å². The molecule has 0 radical (unpaired) electrons. The zero-order chi connectivity index (χ0) is 15.2. The van der Waals surface area contributed by atoms with E-state index < -0.39 is 0 Å². The summed E-state index contributed by atoms with van der Waals surface area (Å²) < 4.78 is 21.7. The molecule has 0 atom stereocenters. The summed E-state index contributed by atoms with van der Waals surface area (Å²) >= 11 is 0. The van der Waals surface area contributed by atoms with Crippen molar-refractivity contribution in [2.45, 2.75) is 13.8 Å². The third-order valence-electron chi connectivity index (χ3n) is 3.22. The van der Waals surface area contributed by atoms with Crippen LogP contribution < -0.4 is 18.8 Å². The molecule has 4 nitrogen and oxygen atoms in total. The molecule has 0 aliphatic heterocycles. The van der Waals surface area contributed by atoms with Crippen molar-refractivity contribution in [1.29, 1.82) is 0 Å². The maximum absolute atomic E-state index is 5.67. The Morgan fingerprint density at radius 3 is 1.52 bits per heavy atom. The van der Waals surface area contributed by atoms with Crippen LogP contribution in [0.15, 0.2) is 36.4 Å². The number of benzene rings is 2. The smallest absolute Gasteiger partial charge is 0.528 e. The van der Waals surface area contributed by atoms with Crippen LogP contribution in [0.1, 0.15) is 11.1 Å². The molecule has 0 bridgehead atoms. The Hall–Kier alpha value is -2.30. The maximum Gasteiger partial charge on any atom is 0.576 e. The van der Waals surface area contributed by atoms with Gasteiger partial charge in [-0.2, -0.15) is 0 Å². The highest BCUT2D eigenvalue weighted by Crippen LogP contribution is 2.26. The first kappa shape index (κ1) is 15.1. The molecular weight excluding hydrogens is 267 g/mol. The fourth-order valence-electron chi connectivity index (χ4n) is 1.88. The van der Waals surface area contributed by atoms with Crippen molar-refractivity contribution in [3.8, 4) is 23.0 Å².